The van der Waals surface area contributed by atoms with Crippen molar-refractivity contribution in [3.05, 3.63) is 93.5 Å². The third-order valence-corrected chi connectivity index (χ3v) is 13.8. The Morgan fingerprint density at radius 2 is 1.45 bits per heavy atom. The van der Waals surface area contributed by atoms with Crippen molar-refractivity contribution in [2.45, 2.75) is 110 Å². The van der Waals surface area contributed by atoms with Crippen molar-refractivity contribution in [3.8, 4) is 11.5 Å². The van der Waals surface area contributed by atoms with E-state index in [4.69, 9.17) is 9.47 Å². The fourth-order valence-electron chi connectivity index (χ4n) is 10.8. The average molecular weight is 693 g/mol. The van der Waals surface area contributed by atoms with Crippen LogP contribution in [-0.4, -0.2) is 66.7 Å². The lowest BCUT2D eigenvalue weighted by Gasteiger charge is -2.57. The molecule has 2 saturated heterocycles. The van der Waals surface area contributed by atoms with Crippen molar-refractivity contribution in [2.24, 2.45) is 16.7 Å². The Balaban J connectivity index is 0.000000163. The lowest BCUT2D eigenvalue weighted by molar-refractivity contribution is -0.135. The zero-order valence-electron chi connectivity index (χ0n) is 32.8. The zero-order valence-corrected chi connectivity index (χ0v) is 32.8. The van der Waals surface area contributed by atoms with E-state index < -0.39 is 5.60 Å². The van der Waals surface area contributed by atoms with Crippen LogP contribution in [0.4, 0.5) is 0 Å². The molecular formula is C45H60N2O4. The van der Waals surface area contributed by atoms with Gasteiger partial charge in [0.15, 0.2) is 11.5 Å². The van der Waals surface area contributed by atoms with Gasteiger partial charge in [0.25, 0.3) is 0 Å². The van der Waals surface area contributed by atoms with E-state index in [1.807, 2.05) is 0 Å². The van der Waals surface area contributed by atoms with Gasteiger partial charge < -0.3 is 14.6 Å². The molecule has 1 aliphatic carbocycles. The van der Waals surface area contributed by atoms with Gasteiger partial charge in [-0.25, -0.2) is 0 Å². The van der Waals surface area contributed by atoms with Crippen molar-refractivity contribution in [1.29, 1.82) is 0 Å². The minimum atomic E-state index is -0.748. The lowest BCUT2D eigenvalue weighted by atomic mass is 9.58. The van der Waals surface area contributed by atoms with Gasteiger partial charge in [-0.2, -0.15) is 0 Å². The van der Waals surface area contributed by atoms with Crippen molar-refractivity contribution in [1.82, 2.24) is 9.80 Å². The SMILES string of the molecule is CC12CN3CCC(O)(C(C)(C)C)C3(C)c3cccc(c31)CCc1ccccc12.COc1cc2c(cc1OC)C1CC(=O)C(C(C)(C)C)CN1CC2. The number of Topliss-reactive ketones (excluding diaryl/α,β-unsaturated/α-hetero) is 1. The third kappa shape index (κ3) is 5.49. The maximum Gasteiger partial charge on any atom is 0.161 e. The average Bonchev–Trinajstić information content (AvgIpc) is 3.29. The van der Waals surface area contributed by atoms with Gasteiger partial charge in [0.2, 0.25) is 0 Å². The van der Waals surface area contributed by atoms with Crippen molar-refractivity contribution in [2.75, 3.05) is 40.4 Å². The Bertz CT molecular complexity index is 1840. The molecule has 0 spiro atoms. The highest BCUT2D eigenvalue weighted by atomic mass is 16.5. The topological polar surface area (TPSA) is 62.2 Å². The predicted octanol–water partition coefficient (Wildman–Crippen LogP) is 8.04. The number of methoxy groups -OCH3 is 2. The summed E-state index contributed by atoms with van der Waals surface area (Å²) < 4.78 is 10.9. The molecule has 3 aromatic rings. The summed E-state index contributed by atoms with van der Waals surface area (Å²) in [7, 11) is 3.32. The molecule has 3 aromatic carbocycles. The Morgan fingerprint density at radius 1 is 0.804 bits per heavy atom. The molecule has 4 aliphatic heterocycles. The smallest absolute Gasteiger partial charge is 0.161 e. The fourth-order valence-corrected chi connectivity index (χ4v) is 10.8. The van der Waals surface area contributed by atoms with Gasteiger partial charge in [-0.1, -0.05) is 90.9 Å². The number of benzene rings is 3. The van der Waals surface area contributed by atoms with Crippen LogP contribution in [0.5, 0.6) is 11.5 Å². The van der Waals surface area contributed by atoms with Crippen LogP contribution in [0.15, 0.2) is 54.6 Å². The number of nitrogens with zero attached hydrogens (tertiary/aromatic N) is 2. The van der Waals surface area contributed by atoms with Gasteiger partial charge in [-0.15, -0.1) is 0 Å². The van der Waals surface area contributed by atoms with E-state index in [1.54, 1.807) is 14.2 Å². The number of ether oxygens (including phenoxy) is 2. The van der Waals surface area contributed by atoms with Crippen LogP contribution >= 0.6 is 0 Å². The van der Waals surface area contributed by atoms with Crippen LogP contribution in [0.1, 0.15) is 113 Å². The largest absolute Gasteiger partial charge is 0.493 e. The molecule has 5 aliphatic rings. The normalized spacial score (nSPS) is 30.1. The molecule has 6 heteroatoms. The van der Waals surface area contributed by atoms with Gasteiger partial charge in [-0.05, 0) is 94.5 Å². The summed E-state index contributed by atoms with van der Waals surface area (Å²) in [5.74, 6) is 2.04. The van der Waals surface area contributed by atoms with E-state index in [1.165, 1.54) is 38.9 Å². The first kappa shape index (κ1) is 36.2. The van der Waals surface area contributed by atoms with E-state index in [0.29, 0.717) is 12.2 Å². The number of fused-ring (bicyclic) bond motifs is 7. The maximum absolute atomic E-state index is 12.7. The number of rotatable bonds is 2. The fraction of sp³-hybridized carbons (Fsp3) is 0.578. The molecule has 5 atom stereocenters. The quantitative estimate of drug-likeness (QED) is 0.294. The molecule has 6 nitrogen and oxygen atoms in total. The van der Waals surface area contributed by atoms with Gasteiger partial charge in [0.1, 0.15) is 5.78 Å². The molecule has 51 heavy (non-hydrogen) atoms. The highest BCUT2D eigenvalue weighted by molar-refractivity contribution is 5.84. The summed E-state index contributed by atoms with van der Waals surface area (Å²) in [6.45, 7) is 21.6. The Kier molecular flexibility index (Phi) is 8.84. The molecular weight excluding hydrogens is 633 g/mol. The predicted molar refractivity (Wildman–Crippen MR) is 205 cm³/mol. The van der Waals surface area contributed by atoms with Crippen molar-refractivity contribution in [3.63, 3.8) is 0 Å². The number of carbonyl (C=O) groups excluding carboxylic acids is 1. The Labute approximate surface area is 306 Å². The summed E-state index contributed by atoms with van der Waals surface area (Å²) in [5.41, 5.74) is 8.51. The molecule has 0 saturated carbocycles. The number of carbonyl (C=O) groups is 1. The summed E-state index contributed by atoms with van der Waals surface area (Å²) in [5, 5.41) is 12.1. The number of hydrogen-bond acceptors (Lipinski definition) is 6. The molecule has 0 aromatic heterocycles. The molecule has 5 unspecified atom stereocenters. The van der Waals surface area contributed by atoms with Crippen LogP contribution in [0.3, 0.4) is 0 Å². The second-order valence-corrected chi connectivity index (χ2v) is 18.4. The molecule has 4 heterocycles. The number of hydrogen-bond donors (Lipinski definition) is 1. The van der Waals surface area contributed by atoms with Crippen molar-refractivity contribution < 1.29 is 19.4 Å². The highest BCUT2D eigenvalue weighted by Gasteiger charge is 2.65. The molecule has 1 N–H and O–H groups in total. The van der Waals surface area contributed by atoms with Gasteiger partial charge in [0.05, 0.1) is 25.4 Å². The Hall–Kier alpha value is -3.19. The molecule has 0 amide bonds. The van der Waals surface area contributed by atoms with Gasteiger partial charge in [-0.3, -0.25) is 14.6 Å². The van der Waals surface area contributed by atoms with Crippen LogP contribution < -0.4 is 9.47 Å². The second kappa shape index (κ2) is 12.5. The first-order chi connectivity index (χ1) is 24.0. The monoisotopic (exact) mass is 692 g/mol. The lowest BCUT2D eigenvalue weighted by Crippen LogP contribution is -2.64. The van der Waals surface area contributed by atoms with E-state index in [-0.39, 0.29) is 33.7 Å². The van der Waals surface area contributed by atoms with E-state index in [2.05, 4.69) is 120 Å². The van der Waals surface area contributed by atoms with E-state index in [0.717, 1.165) is 63.4 Å². The maximum atomic E-state index is 12.7. The summed E-state index contributed by atoms with van der Waals surface area (Å²) in [6, 6.07) is 20.2. The van der Waals surface area contributed by atoms with Gasteiger partial charge >= 0.3 is 0 Å². The molecule has 0 bridgehead atoms. The number of ketones is 1. The Morgan fingerprint density at radius 3 is 2.14 bits per heavy atom. The van der Waals surface area contributed by atoms with Crippen molar-refractivity contribution >= 4 is 5.78 Å². The van der Waals surface area contributed by atoms with Crippen LogP contribution in [0.2, 0.25) is 0 Å². The third-order valence-electron chi connectivity index (χ3n) is 13.8. The first-order valence-corrected chi connectivity index (χ1v) is 19.2. The molecule has 8 rings (SSSR count). The first-order valence-electron chi connectivity index (χ1n) is 19.2. The standard InChI is InChI=1S/C26H33NO.C19H27NO3/c1-23(2,3)26(28)15-16-27-17-24(4)20-11-7-6-9-18(20)13-14-19-10-8-12-21(22(19)24)25(26,27)5;1-19(2,3)14-11-20-7-6-12-8-17(22-4)18(23-5)9-13(12)15(20)10-16(14)21/h6-12,28H,13-17H2,1-5H3;8-9,14-15H,6-7,10-11H2,1-5H3. The van der Waals surface area contributed by atoms with E-state index in [9.17, 15) is 9.90 Å². The molecule has 0 radical (unpaired) electrons. The number of aryl methyl sites for hydroxylation is 2. The minimum absolute atomic E-state index is 0.0261. The molecule has 2 fully saturated rings. The zero-order chi connectivity index (χ0) is 36.7. The second-order valence-electron chi connectivity index (χ2n) is 18.4. The number of aliphatic hydroxyl groups is 1. The van der Waals surface area contributed by atoms with Crippen LogP contribution in [0, 0.1) is 16.7 Å². The highest BCUT2D eigenvalue weighted by Crippen LogP contribution is 2.60. The number of piperidine rings is 1. The van der Waals surface area contributed by atoms with Gasteiger partial charge in [0, 0.05) is 50.0 Å². The van der Waals surface area contributed by atoms with E-state index >= 15 is 0 Å². The summed E-state index contributed by atoms with van der Waals surface area (Å²) in [4.78, 5) is 17.8. The van der Waals surface area contributed by atoms with Crippen LogP contribution in [0.25, 0.3) is 0 Å². The summed E-state index contributed by atoms with van der Waals surface area (Å²) in [6.07, 6.45) is 4.61. The van der Waals surface area contributed by atoms with Crippen LogP contribution in [-0.2, 0) is 35.0 Å². The minimum Gasteiger partial charge on any atom is -0.493 e. The molecule has 274 valence electrons. The summed E-state index contributed by atoms with van der Waals surface area (Å²) >= 11 is 0.